The fourth-order valence-corrected chi connectivity index (χ4v) is 2.03. The lowest BCUT2D eigenvalue weighted by molar-refractivity contribution is 0.198. The van der Waals surface area contributed by atoms with Crippen LogP contribution < -0.4 is 10.1 Å². The second kappa shape index (κ2) is 8.76. The SMILES string of the molecule is COCCNCc1ncnn1CCOc1ccc(Br)cc1. The first kappa shape index (κ1) is 15.9. The standard InChI is InChI=1S/C14H19BrN4O2/c1-20-8-6-16-10-14-17-11-18-19(14)7-9-21-13-4-2-12(15)3-5-13/h2-5,11,16H,6-10H2,1H3. The van der Waals surface area contributed by atoms with Gasteiger partial charge in [-0.25, -0.2) is 9.67 Å². The van der Waals surface area contributed by atoms with Crippen molar-refractivity contribution in [2.75, 3.05) is 26.9 Å². The smallest absolute Gasteiger partial charge is 0.140 e. The molecule has 114 valence electrons. The van der Waals surface area contributed by atoms with E-state index in [9.17, 15) is 0 Å². The molecule has 1 N–H and O–H groups in total. The molecule has 0 bridgehead atoms. The summed E-state index contributed by atoms with van der Waals surface area (Å²) in [5.41, 5.74) is 0. The Bertz CT molecular complexity index is 530. The van der Waals surface area contributed by atoms with Gasteiger partial charge in [0.1, 0.15) is 24.5 Å². The van der Waals surface area contributed by atoms with E-state index in [1.165, 1.54) is 0 Å². The average Bonchev–Trinajstić information content (AvgIpc) is 2.93. The highest BCUT2D eigenvalue weighted by Gasteiger charge is 2.04. The van der Waals surface area contributed by atoms with Crippen molar-refractivity contribution in [2.24, 2.45) is 0 Å². The molecule has 0 amide bonds. The van der Waals surface area contributed by atoms with E-state index in [2.05, 4.69) is 31.3 Å². The maximum Gasteiger partial charge on any atom is 0.140 e. The molecule has 1 aromatic carbocycles. The van der Waals surface area contributed by atoms with Crippen molar-refractivity contribution < 1.29 is 9.47 Å². The molecule has 0 aliphatic rings. The van der Waals surface area contributed by atoms with Crippen LogP contribution in [-0.2, 0) is 17.8 Å². The quantitative estimate of drug-likeness (QED) is 0.696. The summed E-state index contributed by atoms with van der Waals surface area (Å²) in [6.07, 6.45) is 1.56. The van der Waals surface area contributed by atoms with E-state index in [1.54, 1.807) is 13.4 Å². The van der Waals surface area contributed by atoms with Crippen LogP contribution >= 0.6 is 15.9 Å². The van der Waals surface area contributed by atoms with Gasteiger partial charge in [0.25, 0.3) is 0 Å². The van der Waals surface area contributed by atoms with Gasteiger partial charge in [-0.3, -0.25) is 0 Å². The van der Waals surface area contributed by atoms with Crippen LogP contribution in [0.2, 0.25) is 0 Å². The Morgan fingerprint density at radius 1 is 1.24 bits per heavy atom. The number of methoxy groups -OCH3 is 1. The summed E-state index contributed by atoms with van der Waals surface area (Å²) in [5.74, 6) is 1.74. The normalized spacial score (nSPS) is 10.8. The number of benzene rings is 1. The maximum atomic E-state index is 5.68. The summed E-state index contributed by atoms with van der Waals surface area (Å²) in [6, 6.07) is 7.77. The fraction of sp³-hybridized carbons (Fsp3) is 0.429. The molecule has 0 fully saturated rings. The van der Waals surface area contributed by atoms with E-state index in [0.717, 1.165) is 22.6 Å². The van der Waals surface area contributed by atoms with Crippen LogP contribution in [-0.4, -0.2) is 41.6 Å². The Balaban J connectivity index is 1.75. The number of nitrogens with zero attached hydrogens (tertiary/aromatic N) is 3. The molecule has 0 aliphatic heterocycles. The minimum absolute atomic E-state index is 0.552. The molecule has 6 nitrogen and oxygen atoms in total. The van der Waals surface area contributed by atoms with Crippen molar-refractivity contribution in [3.05, 3.63) is 40.9 Å². The lowest BCUT2D eigenvalue weighted by Crippen LogP contribution is -2.22. The van der Waals surface area contributed by atoms with Crippen LogP contribution in [0.3, 0.4) is 0 Å². The van der Waals surface area contributed by atoms with E-state index < -0.39 is 0 Å². The summed E-state index contributed by atoms with van der Waals surface area (Å²) in [6.45, 7) is 3.36. The molecule has 21 heavy (non-hydrogen) atoms. The summed E-state index contributed by atoms with van der Waals surface area (Å²) < 4.78 is 13.6. The predicted octanol–water partition coefficient (Wildman–Crippen LogP) is 1.86. The minimum Gasteiger partial charge on any atom is -0.492 e. The van der Waals surface area contributed by atoms with E-state index >= 15 is 0 Å². The van der Waals surface area contributed by atoms with E-state index in [-0.39, 0.29) is 0 Å². The third-order valence-corrected chi connectivity index (χ3v) is 3.38. The topological polar surface area (TPSA) is 61.2 Å². The molecule has 0 saturated carbocycles. The van der Waals surface area contributed by atoms with Gasteiger partial charge in [-0.1, -0.05) is 15.9 Å². The molecular formula is C14H19BrN4O2. The lowest BCUT2D eigenvalue weighted by Gasteiger charge is -2.09. The number of nitrogens with one attached hydrogen (secondary N) is 1. The van der Waals surface area contributed by atoms with E-state index in [4.69, 9.17) is 9.47 Å². The van der Waals surface area contributed by atoms with Gasteiger partial charge in [0.2, 0.25) is 0 Å². The molecule has 0 unspecified atom stereocenters. The zero-order valence-electron chi connectivity index (χ0n) is 12.0. The number of hydrogen-bond acceptors (Lipinski definition) is 5. The van der Waals surface area contributed by atoms with Gasteiger partial charge < -0.3 is 14.8 Å². The van der Waals surface area contributed by atoms with Crippen LogP contribution in [0.15, 0.2) is 35.1 Å². The molecule has 1 heterocycles. The number of aromatic nitrogens is 3. The summed E-state index contributed by atoms with van der Waals surface area (Å²) in [4.78, 5) is 4.24. The third-order valence-electron chi connectivity index (χ3n) is 2.85. The third kappa shape index (κ3) is 5.45. The van der Waals surface area contributed by atoms with Crippen LogP contribution in [0.5, 0.6) is 5.75 Å². The molecule has 0 aliphatic carbocycles. The Morgan fingerprint density at radius 2 is 2.05 bits per heavy atom. The summed E-state index contributed by atoms with van der Waals surface area (Å²) in [7, 11) is 1.68. The average molecular weight is 355 g/mol. The first-order valence-electron chi connectivity index (χ1n) is 6.74. The van der Waals surface area contributed by atoms with Crippen molar-refractivity contribution in [2.45, 2.75) is 13.1 Å². The monoisotopic (exact) mass is 354 g/mol. The maximum absolute atomic E-state index is 5.68. The van der Waals surface area contributed by atoms with Crippen molar-refractivity contribution in [1.82, 2.24) is 20.1 Å². The van der Waals surface area contributed by atoms with Gasteiger partial charge >= 0.3 is 0 Å². The van der Waals surface area contributed by atoms with Crippen LogP contribution in [0.1, 0.15) is 5.82 Å². The van der Waals surface area contributed by atoms with E-state index in [0.29, 0.717) is 26.3 Å². The Kier molecular flexibility index (Phi) is 6.65. The number of ether oxygens (including phenoxy) is 2. The van der Waals surface area contributed by atoms with Gasteiger partial charge in [0.05, 0.1) is 19.7 Å². The number of hydrogen-bond donors (Lipinski definition) is 1. The highest BCUT2D eigenvalue weighted by atomic mass is 79.9. The lowest BCUT2D eigenvalue weighted by atomic mass is 10.3. The van der Waals surface area contributed by atoms with Gasteiger partial charge in [-0.15, -0.1) is 0 Å². The van der Waals surface area contributed by atoms with Crippen LogP contribution in [0, 0.1) is 0 Å². The molecule has 0 saturated heterocycles. The number of rotatable bonds is 9. The molecule has 0 atom stereocenters. The molecule has 0 radical (unpaired) electrons. The molecule has 7 heteroatoms. The van der Waals surface area contributed by atoms with Crippen molar-refractivity contribution in [1.29, 1.82) is 0 Å². The zero-order chi connectivity index (χ0) is 14.9. The molecule has 2 rings (SSSR count). The first-order valence-corrected chi connectivity index (χ1v) is 7.53. The van der Waals surface area contributed by atoms with Gasteiger partial charge in [0.15, 0.2) is 0 Å². The Morgan fingerprint density at radius 3 is 2.81 bits per heavy atom. The largest absolute Gasteiger partial charge is 0.492 e. The highest BCUT2D eigenvalue weighted by Crippen LogP contribution is 2.15. The van der Waals surface area contributed by atoms with E-state index in [1.807, 2.05) is 28.9 Å². The molecule has 2 aromatic rings. The van der Waals surface area contributed by atoms with Gasteiger partial charge in [0, 0.05) is 18.1 Å². The van der Waals surface area contributed by atoms with Gasteiger partial charge in [-0.2, -0.15) is 5.10 Å². The summed E-state index contributed by atoms with van der Waals surface area (Å²) in [5, 5.41) is 7.46. The minimum atomic E-state index is 0.552. The zero-order valence-corrected chi connectivity index (χ0v) is 13.5. The Labute approximate surface area is 132 Å². The second-order valence-electron chi connectivity index (χ2n) is 4.37. The van der Waals surface area contributed by atoms with Gasteiger partial charge in [-0.05, 0) is 24.3 Å². The molecular weight excluding hydrogens is 336 g/mol. The Hall–Kier alpha value is -1.44. The first-order chi connectivity index (χ1) is 10.3. The fourth-order valence-electron chi connectivity index (χ4n) is 1.77. The predicted molar refractivity (Wildman–Crippen MR) is 83.2 cm³/mol. The molecule has 1 aromatic heterocycles. The van der Waals surface area contributed by atoms with Crippen LogP contribution in [0.4, 0.5) is 0 Å². The summed E-state index contributed by atoms with van der Waals surface area (Å²) >= 11 is 3.40. The highest BCUT2D eigenvalue weighted by molar-refractivity contribution is 9.10. The molecule has 0 spiro atoms. The van der Waals surface area contributed by atoms with Crippen LogP contribution in [0.25, 0.3) is 0 Å². The number of halogens is 1. The second-order valence-corrected chi connectivity index (χ2v) is 5.29. The van der Waals surface area contributed by atoms with Crippen molar-refractivity contribution >= 4 is 15.9 Å². The van der Waals surface area contributed by atoms with Crippen molar-refractivity contribution in [3.8, 4) is 5.75 Å². The van der Waals surface area contributed by atoms with Crippen molar-refractivity contribution in [3.63, 3.8) is 0 Å².